The highest BCUT2D eigenvalue weighted by molar-refractivity contribution is 5.25. The van der Waals surface area contributed by atoms with Crippen LogP contribution < -0.4 is 0 Å². The van der Waals surface area contributed by atoms with Gasteiger partial charge in [0.15, 0.2) is 0 Å². The summed E-state index contributed by atoms with van der Waals surface area (Å²) in [6.45, 7) is 4.99. The lowest BCUT2D eigenvalue weighted by Gasteiger charge is -2.57. The number of aliphatic hydroxyl groups is 1. The molecule has 1 N–H and O–H groups in total. The van der Waals surface area contributed by atoms with Crippen LogP contribution in [0.5, 0.6) is 0 Å². The third kappa shape index (κ3) is 2.06. The van der Waals surface area contributed by atoms with Gasteiger partial charge in [0.2, 0.25) is 0 Å². The predicted molar refractivity (Wildman–Crippen MR) is 88.5 cm³/mol. The van der Waals surface area contributed by atoms with Crippen molar-refractivity contribution in [3.63, 3.8) is 0 Å². The van der Waals surface area contributed by atoms with Gasteiger partial charge in [0.05, 0.1) is 12.2 Å². The van der Waals surface area contributed by atoms with Crippen LogP contribution in [0.25, 0.3) is 0 Å². The molecule has 3 saturated carbocycles. The number of hydrogen-bond acceptors (Lipinski definition) is 2. The Labute approximate surface area is 135 Å². The third-order valence-corrected chi connectivity index (χ3v) is 8.14. The van der Waals surface area contributed by atoms with Crippen molar-refractivity contribution in [2.45, 2.75) is 77.4 Å². The largest absolute Gasteiger partial charge is 0.393 e. The third-order valence-electron chi connectivity index (χ3n) is 8.14. The van der Waals surface area contributed by atoms with Gasteiger partial charge in [-0.25, -0.2) is 0 Å². The summed E-state index contributed by atoms with van der Waals surface area (Å²) >= 11 is 0. The maximum absolute atomic E-state index is 10.2. The fourth-order valence-electron chi connectivity index (χ4n) is 6.85. The van der Waals surface area contributed by atoms with Gasteiger partial charge in [0.25, 0.3) is 0 Å². The number of aliphatic hydroxyl groups excluding tert-OH is 1. The second kappa shape index (κ2) is 5.08. The highest BCUT2D eigenvalue weighted by Crippen LogP contribution is 2.64. The van der Waals surface area contributed by atoms with Crippen molar-refractivity contribution in [2.75, 3.05) is 7.11 Å². The van der Waals surface area contributed by atoms with Gasteiger partial charge in [-0.2, -0.15) is 0 Å². The van der Waals surface area contributed by atoms with Crippen LogP contribution in [-0.2, 0) is 4.74 Å². The van der Waals surface area contributed by atoms with E-state index in [-0.39, 0.29) is 6.10 Å². The molecular weight excluding hydrogens is 272 g/mol. The molecule has 0 radical (unpaired) electrons. The van der Waals surface area contributed by atoms with Crippen LogP contribution in [0.1, 0.15) is 65.2 Å². The molecule has 0 heterocycles. The zero-order chi connectivity index (χ0) is 15.5. The van der Waals surface area contributed by atoms with Crippen molar-refractivity contribution in [2.24, 2.45) is 28.6 Å². The molecular formula is C20H32O2. The molecule has 0 bridgehead atoms. The summed E-state index contributed by atoms with van der Waals surface area (Å²) < 4.78 is 5.65. The van der Waals surface area contributed by atoms with Crippen molar-refractivity contribution in [1.82, 2.24) is 0 Å². The Morgan fingerprint density at radius 3 is 2.77 bits per heavy atom. The van der Waals surface area contributed by atoms with Crippen LogP contribution in [0, 0.1) is 28.6 Å². The molecule has 4 aliphatic rings. The van der Waals surface area contributed by atoms with Crippen molar-refractivity contribution >= 4 is 0 Å². The lowest BCUT2D eigenvalue weighted by atomic mass is 9.48. The molecule has 0 aromatic carbocycles. The first-order valence-corrected chi connectivity index (χ1v) is 9.37. The summed E-state index contributed by atoms with van der Waals surface area (Å²) in [5.74, 6) is 2.40. The first-order valence-electron chi connectivity index (χ1n) is 9.37. The minimum absolute atomic E-state index is 0.0452. The van der Waals surface area contributed by atoms with Crippen LogP contribution in [-0.4, -0.2) is 24.4 Å². The fraction of sp³-hybridized carbons (Fsp3) is 0.900. The Hall–Kier alpha value is -0.340. The van der Waals surface area contributed by atoms with Crippen LogP contribution in [0.3, 0.4) is 0 Å². The number of ether oxygens (including phenoxy) is 1. The minimum Gasteiger partial charge on any atom is -0.393 e. The molecule has 2 heteroatoms. The van der Waals surface area contributed by atoms with Gasteiger partial charge in [-0.15, -0.1) is 0 Å². The average Bonchev–Trinajstić information content (AvgIpc) is 2.80. The highest BCUT2D eigenvalue weighted by Gasteiger charge is 2.57. The van der Waals surface area contributed by atoms with E-state index < -0.39 is 0 Å². The number of rotatable bonds is 1. The molecule has 0 unspecified atom stereocenters. The molecule has 3 fully saturated rings. The lowest BCUT2D eigenvalue weighted by Crippen LogP contribution is -2.49. The monoisotopic (exact) mass is 304 g/mol. The summed E-state index contributed by atoms with van der Waals surface area (Å²) in [5, 5.41) is 10.2. The topological polar surface area (TPSA) is 29.5 Å². The summed E-state index contributed by atoms with van der Waals surface area (Å²) in [4.78, 5) is 0. The molecule has 22 heavy (non-hydrogen) atoms. The molecule has 0 aromatic heterocycles. The van der Waals surface area contributed by atoms with Crippen LogP contribution >= 0.6 is 0 Å². The smallest absolute Gasteiger partial charge is 0.0608 e. The minimum atomic E-state index is -0.0452. The molecule has 4 rings (SSSR count). The van der Waals surface area contributed by atoms with Crippen LogP contribution in [0.2, 0.25) is 0 Å². The first kappa shape index (κ1) is 15.2. The average molecular weight is 304 g/mol. The summed E-state index contributed by atoms with van der Waals surface area (Å²) in [5.41, 5.74) is 2.51. The van der Waals surface area contributed by atoms with Gasteiger partial charge in [0.1, 0.15) is 0 Å². The number of fused-ring (bicyclic) bond motifs is 5. The molecule has 7 atom stereocenters. The summed E-state index contributed by atoms with van der Waals surface area (Å²) in [7, 11) is 1.87. The van der Waals surface area contributed by atoms with Crippen molar-refractivity contribution in [1.29, 1.82) is 0 Å². The first-order chi connectivity index (χ1) is 10.5. The van der Waals surface area contributed by atoms with E-state index in [2.05, 4.69) is 19.9 Å². The number of methoxy groups -OCH3 is 1. The number of allylic oxidation sites excluding steroid dienone is 1. The van der Waals surface area contributed by atoms with Crippen LogP contribution in [0.15, 0.2) is 11.6 Å². The molecule has 124 valence electrons. The van der Waals surface area contributed by atoms with Crippen molar-refractivity contribution in [3.05, 3.63) is 11.6 Å². The summed E-state index contributed by atoms with van der Waals surface area (Å²) in [6.07, 6.45) is 12.7. The van der Waals surface area contributed by atoms with Gasteiger partial charge in [0, 0.05) is 7.11 Å². The normalized spacial score (nSPS) is 54.2. The van der Waals surface area contributed by atoms with Crippen molar-refractivity contribution in [3.8, 4) is 0 Å². The van der Waals surface area contributed by atoms with E-state index in [0.717, 1.165) is 37.0 Å². The Bertz CT molecular complexity index is 484. The fourth-order valence-corrected chi connectivity index (χ4v) is 6.85. The Balaban J connectivity index is 1.64. The molecule has 0 spiro atoms. The van der Waals surface area contributed by atoms with E-state index in [0.29, 0.717) is 16.9 Å². The lowest BCUT2D eigenvalue weighted by molar-refractivity contribution is -0.0409. The highest BCUT2D eigenvalue weighted by atomic mass is 16.5. The summed E-state index contributed by atoms with van der Waals surface area (Å²) in [6, 6.07) is 0. The van der Waals surface area contributed by atoms with E-state index >= 15 is 0 Å². The quantitative estimate of drug-likeness (QED) is 0.731. The standard InChI is InChI=1S/C20H32O2/c1-19-8-7-17-16(18(19)11-14(21)12-19)5-4-13-10-15(22-3)6-9-20(13,17)2/h4,14-18,21H,5-12H2,1-3H3/t14-,15-,16-,17+,18-,19+,20+/m0/s1. The zero-order valence-electron chi connectivity index (χ0n) is 14.5. The predicted octanol–water partition coefficient (Wildman–Crippen LogP) is 4.33. The maximum Gasteiger partial charge on any atom is 0.0608 e. The molecule has 4 aliphatic carbocycles. The van der Waals surface area contributed by atoms with E-state index in [1.807, 2.05) is 7.11 Å². The van der Waals surface area contributed by atoms with Gasteiger partial charge in [-0.1, -0.05) is 25.5 Å². The molecule has 0 saturated heterocycles. The second-order valence-corrected chi connectivity index (χ2v) is 9.15. The van der Waals surface area contributed by atoms with E-state index in [9.17, 15) is 5.11 Å². The second-order valence-electron chi connectivity index (χ2n) is 9.15. The SMILES string of the molecule is CO[C@H]1CC[C@]2(C)C(=CC[C@H]3[C@H]2CC[C@]2(C)C[C@@H](O)C[C@@H]32)C1. The van der Waals surface area contributed by atoms with Crippen molar-refractivity contribution < 1.29 is 9.84 Å². The van der Waals surface area contributed by atoms with E-state index in [1.54, 1.807) is 5.57 Å². The van der Waals surface area contributed by atoms with Gasteiger partial charge < -0.3 is 9.84 Å². The van der Waals surface area contributed by atoms with Gasteiger partial charge >= 0.3 is 0 Å². The Morgan fingerprint density at radius 1 is 1.18 bits per heavy atom. The number of hydrogen-bond donors (Lipinski definition) is 1. The molecule has 0 amide bonds. The maximum atomic E-state index is 10.2. The Kier molecular flexibility index (Phi) is 3.51. The van der Waals surface area contributed by atoms with Gasteiger partial charge in [-0.05, 0) is 80.0 Å². The van der Waals surface area contributed by atoms with E-state index in [1.165, 1.54) is 32.1 Å². The van der Waals surface area contributed by atoms with E-state index in [4.69, 9.17) is 4.74 Å². The molecule has 0 aliphatic heterocycles. The zero-order valence-corrected chi connectivity index (χ0v) is 14.5. The van der Waals surface area contributed by atoms with Crippen LogP contribution in [0.4, 0.5) is 0 Å². The molecule has 2 nitrogen and oxygen atoms in total. The van der Waals surface area contributed by atoms with Gasteiger partial charge in [-0.3, -0.25) is 0 Å². The molecule has 0 aromatic rings. The Morgan fingerprint density at radius 2 is 2.00 bits per heavy atom.